The normalized spacial score (nSPS) is 15.4. The summed E-state index contributed by atoms with van der Waals surface area (Å²) in [6, 6.07) is 7.67. The van der Waals surface area contributed by atoms with Crippen LogP contribution in [0.25, 0.3) is 0 Å². The molecule has 0 aliphatic carbocycles. The van der Waals surface area contributed by atoms with Crippen LogP contribution in [0.1, 0.15) is 18.4 Å². The summed E-state index contributed by atoms with van der Waals surface area (Å²) < 4.78 is 11.1. The van der Waals surface area contributed by atoms with Gasteiger partial charge < -0.3 is 14.6 Å². The Morgan fingerprint density at radius 1 is 1.35 bits per heavy atom. The molecule has 1 N–H and O–H groups in total. The molecule has 1 heterocycles. The number of benzene rings is 1. The Balaban J connectivity index is 1.70. The quantitative estimate of drug-likeness (QED) is 0.668. The fourth-order valence-corrected chi connectivity index (χ4v) is 3.06. The van der Waals surface area contributed by atoms with Crippen LogP contribution in [0.4, 0.5) is 0 Å². The van der Waals surface area contributed by atoms with E-state index >= 15 is 0 Å². The van der Waals surface area contributed by atoms with Crippen molar-refractivity contribution in [3.63, 3.8) is 0 Å². The van der Waals surface area contributed by atoms with Crippen LogP contribution in [0.2, 0.25) is 0 Å². The zero-order valence-corrected chi connectivity index (χ0v) is 12.3. The van der Waals surface area contributed by atoms with Crippen molar-refractivity contribution in [2.75, 3.05) is 32.2 Å². The van der Waals surface area contributed by atoms with Crippen molar-refractivity contribution in [2.24, 2.45) is 0 Å². The van der Waals surface area contributed by atoms with Gasteiger partial charge in [0.15, 0.2) is 0 Å². The van der Waals surface area contributed by atoms with Crippen LogP contribution in [-0.4, -0.2) is 42.5 Å². The van der Waals surface area contributed by atoms with Gasteiger partial charge in [-0.25, -0.2) is 0 Å². The van der Waals surface area contributed by atoms with Gasteiger partial charge in [-0.3, -0.25) is 0 Å². The fourth-order valence-electron chi connectivity index (χ4n) is 2.02. The molecule has 0 saturated carbocycles. The standard InChI is InChI=1S/C16H20O3S/c17-8-2-4-14-3-1-5-15(13-14)19-11-12-20-16-6-9-18-10-7-16/h1,3,5,13,16-17H,6-12H2. The maximum atomic E-state index is 8.68. The van der Waals surface area contributed by atoms with Crippen LogP contribution in [0.3, 0.4) is 0 Å². The summed E-state index contributed by atoms with van der Waals surface area (Å²) in [6.07, 6.45) is 2.30. The van der Waals surface area contributed by atoms with Crippen molar-refractivity contribution in [2.45, 2.75) is 18.1 Å². The molecular weight excluding hydrogens is 272 g/mol. The average Bonchev–Trinajstić information content (AvgIpc) is 2.51. The summed E-state index contributed by atoms with van der Waals surface area (Å²) in [6.45, 7) is 2.37. The lowest BCUT2D eigenvalue weighted by Gasteiger charge is -2.21. The molecular formula is C16H20O3S. The smallest absolute Gasteiger partial charge is 0.120 e. The largest absolute Gasteiger partial charge is 0.493 e. The Labute approximate surface area is 124 Å². The summed E-state index contributed by atoms with van der Waals surface area (Å²) in [5.74, 6) is 7.35. The Hall–Kier alpha value is -1.15. The van der Waals surface area contributed by atoms with Gasteiger partial charge in [0.2, 0.25) is 0 Å². The van der Waals surface area contributed by atoms with Gasteiger partial charge in [-0.2, -0.15) is 11.8 Å². The lowest BCUT2D eigenvalue weighted by atomic mass is 10.2. The highest BCUT2D eigenvalue weighted by molar-refractivity contribution is 7.99. The molecule has 108 valence electrons. The molecule has 4 heteroatoms. The topological polar surface area (TPSA) is 38.7 Å². The van der Waals surface area contributed by atoms with E-state index in [1.54, 1.807) is 0 Å². The predicted molar refractivity (Wildman–Crippen MR) is 82.2 cm³/mol. The minimum atomic E-state index is -0.118. The summed E-state index contributed by atoms with van der Waals surface area (Å²) in [4.78, 5) is 0. The molecule has 1 aliphatic heterocycles. The van der Waals surface area contributed by atoms with Crippen LogP contribution >= 0.6 is 11.8 Å². The van der Waals surface area contributed by atoms with Gasteiger partial charge >= 0.3 is 0 Å². The van der Waals surface area contributed by atoms with Crippen LogP contribution in [-0.2, 0) is 4.74 Å². The molecule has 2 rings (SSSR count). The van der Waals surface area contributed by atoms with Crippen molar-refractivity contribution < 1.29 is 14.6 Å². The Bertz CT molecular complexity index is 458. The van der Waals surface area contributed by atoms with Crippen LogP contribution in [0.5, 0.6) is 5.75 Å². The number of aliphatic hydroxyl groups is 1. The van der Waals surface area contributed by atoms with E-state index in [4.69, 9.17) is 14.6 Å². The molecule has 0 spiro atoms. The Morgan fingerprint density at radius 2 is 2.20 bits per heavy atom. The van der Waals surface area contributed by atoms with Gasteiger partial charge in [0, 0.05) is 29.8 Å². The molecule has 0 bridgehead atoms. The van der Waals surface area contributed by atoms with E-state index in [1.165, 1.54) is 0 Å². The number of ether oxygens (including phenoxy) is 2. The van der Waals surface area contributed by atoms with Crippen molar-refractivity contribution in [3.05, 3.63) is 29.8 Å². The lowest BCUT2D eigenvalue weighted by molar-refractivity contribution is 0.1000. The summed E-state index contributed by atoms with van der Waals surface area (Å²) in [7, 11) is 0. The predicted octanol–water partition coefficient (Wildman–Crippen LogP) is 2.32. The molecule has 1 aromatic carbocycles. The van der Waals surface area contributed by atoms with Gasteiger partial charge in [-0.05, 0) is 31.0 Å². The van der Waals surface area contributed by atoms with E-state index < -0.39 is 0 Å². The first kappa shape index (κ1) is 15.2. The molecule has 0 radical (unpaired) electrons. The van der Waals surface area contributed by atoms with Crippen LogP contribution in [0, 0.1) is 11.8 Å². The van der Waals surface area contributed by atoms with Gasteiger partial charge in [-0.15, -0.1) is 0 Å². The molecule has 1 aromatic rings. The van der Waals surface area contributed by atoms with Gasteiger partial charge in [0.25, 0.3) is 0 Å². The summed E-state index contributed by atoms with van der Waals surface area (Å²) >= 11 is 1.97. The van der Waals surface area contributed by atoms with Crippen molar-refractivity contribution in [1.82, 2.24) is 0 Å². The van der Waals surface area contributed by atoms with Crippen molar-refractivity contribution in [3.8, 4) is 17.6 Å². The van der Waals surface area contributed by atoms with E-state index in [1.807, 2.05) is 36.0 Å². The third kappa shape index (κ3) is 5.46. The van der Waals surface area contributed by atoms with Crippen LogP contribution in [0.15, 0.2) is 24.3 Å². The first-order valence-electron chi connectivity index (χ1n) is 6.90. The number of hydrogen-bond acceptors (Lipinski definition) is 4. The van der Waals surface area contributed by atoms with Crippen molar-refractivity contribution in [1.29, 1.82) is 0 Å². The number of rotatable bonds is 5. The molecule has 1 aliphatic rings. The van der Waals surface area contributed by atoms with E-state index in [0.29, 0.717) is 11.9 Å². The second kappa shape index (κ2) is 8.91. The van der Waals surface area contributed by atoms with E-state index in [9.17, 15) is 0 Å². The number of thioether (sulfide) groups is 1. The minimum absolute atomic E-state index is 0.118. The molecule has 3 nitrogen and oxygen atoms in total. The number of hydrogen-bond donors (Lipinski definition) is 1. The maximum absolute atomic E-state index is 8.68. The highest BCUT2D eigenvalue weighted by Crippen LogP contribution is 2.22. The third-order valence-corrected chi connectivity index (χ3v) is 4.36. The molecule has 0 unspecified atom stereocenters. The highest BCUT2D eigenvalue weighted by Gasteiger charge is 2.13. The SMILES string of the molecule is OCC#Cc1cccc(OCCSC2CCOCC2)c1. The van der Waals surface area contributed by atoms with E-state index in [-0.39, 0.29) is 6.61 Å². The van der Waals surface area contributed by atoms with E-state index in [2.05, 4.69) is 11.8 Å². The Morgan fingerprint density at radius 3 is 3.00 bits per heavy atom. The monoisotopic (exact) mass is 292 g/mol. The average molecular weight is 292 g/mol. The van der Waals surface area contributed by atoms with Gasteiger partial charge in [-0.1, -0.05) is 17.9 Å². The molecule has 1 fully saturated rings. The van der Waals surface area contributed by atoms with Crippen molar-refractivity contribution >= 4 is 11.8 Å². The van der Waals surface area contributed by atoms with E-state index in [0.717, 1.165) is 43.1 Å². The highest BCUT2D eigenvalue weighted by atomic mass is 32.2. The third-order valence-electron chi connectivity index (χ3n) is 3.02. The zero-order valence-electron chi connectivity index (χ0n) is 11.5. The lowest BCUT2D eigenvalue weighted by Crippen LogP contribution is -2.18. The fraction of sp³-hybridized carbons (Fsp3) is 0.500. The minimum Gasteiger partial charge on any atom is -0.493 e. The van der Waals surface area contributed by atoms with Gasteiger partial charge in [0.05, 0.1) is 6.61 Å². The van der Waals surface area contributed by atoms with Crippen LogP contribution < -0.4 is 4.74 Å². The molecule has 0 amide bonds. The summed E-state index contributed by atoms with van der Waals surface area (Å²) in [5.41, 5.74) is 0.869. The molecule has 0 atom stereocenters. The molecule has 1 saturated heterocycles. The summed E-state index contributed by atoms with van der Waals surface area (Å²) in [5, 5.41) is 9.39. The number of aliphatic hydroxyl groups excluding tert-OH is 1. The second-order valence-electron chi connectivity index (χ2n) is 4.52. The first-order valence-corrected chi connectivity index (χ1v) is 7.95. The molecule has 20 heavy (non-hydrogen) atoms. The molecule has 0 aromatic heterocycles. The first-order chi connectivity index (χ1) is 9.88. The second-order valence-corrected chi connectivity index (χ2v) is 5.93. The van der Waals surface area contributed by atoms with Gasteiger partial charge in [0.1, 0.15) is 12.4 Å². The maximum Gasteiger partial charge on any atom is 0.120 e. The Kier molecular flexibility index (Phi) is 6.79. The zero-order chi connectivity index (χ0) is 14.0.